The second kappa shape index (κ2) is 8.39. The van der Waals surface area contributed by atoms with Gasteiger partial charge in [-0.2, -0.15) is 11.8 Å². The molecule has 0 atom stereocenters. The molecule has 0 radical (unpaired) electrons. The highest BCUT2D eigenvalue weighted by atomic mass is 32.2. The first-order valence-electron chi connectivity index (χ1n) is 7.12. The van der Waals surface area contributed by atoms with Gasteiger partial charge < -0.3 is 4.74 Å². The topological polar surface area (TPSA) is 13.6 Å². The van der Waals surface area contributed by atoms with Crippen LogP contribution in [0.3, 0.4) is 0 Å². The van der Waals surface area contributed by atoms with Crippen LogP contribution in [0.4, 0.5) is 5.69 Å². The van der Waals surface area contributed by atoms with Crippen molar-refractivity contribution in [3.05, 3.63) is 59.9 Å². The van der Waals surface area contributed by atoms with Gasteiger partial charge in [-0.15, -0.1) is 0 Å². The highest BCUT2D eigenvalue weighted by Gasteiger charge is 1.99. The smallest absolute Gasteiger partial charge is 0.187 e. The summed E-state index contributed by atoms with van der Waals surface area (Å²) in [7, 11) is 0. The van der Waals surface area contributed by atoms with Crippen LogP contribution in [0, 0.1) is 6.57 Å². The highest BCUT2D eigenvalue weighted by Crippen LogP contribution is 2.24. The molecule has 2 aromatic rings. The minimum Gasteiger partial charge on any atom is -0.494 e. The van der Waals surface area contributed by atoms with E-state index in [0.29, 0.717) is 5.69 Å². The second-order valence-corrected chi connectivity index (χ2v) is 5.98. The number of hydrogen-bond donors (Lipinski definition) is 0. The average molecular weight is 297 g/mol. The van der Waals surface area contributed by atoms with Crippen molar-refractivity contribution in [1.29, 1.82) is 0 Å². The fourth-order valence-electron chi connectivity index (χ4n) is 1.97. The average Bonchev–Trinajstić information content (AvgIpc) is 2.55. The minimum absolute atomic E-state index is 0.670. The molecule has 0 aliphatic carbocycles. The van der Waals surface area contributed by atoms with Crippen LogP contribution in [0.2, 0.25) is 0 Å². The van der Waals surface area contributed by atoms with Crippen molar-refractivity contribution in [1.82, 2.24) is 0 Å². The summed E-state index contributed by atoms with van der Waals surface area (Å²) in [6, 6.07) is 15.8. The first-order chi connectivity index (χ1) is 10.3. The Balaban J connectivity index is 1.90. The summed E-state index contributed by atoms with van der Waals surface area (Å²) in [5.74, 6) is 3.24. The summed E-state index contributed by atoms with van der Waals surface area (Å²) in [6.07, 6.45) is 1.08. The van der Waals surface area contributed by atoms with Gasteiger partial charge in [-0.05, 0) is 41.2 Å². The van der Waals surface area contributed by atoms with Crippen LogP contribution in [-0.2, 0) is 0 Å². The summed E-state index contributed by atoms with van der Waals surface area (Å²) < 4.78 is 5.73. The first-order valence-corrected chi connectivity index (χ1v) is 8.27. The van der Waals surface area contributed by atoms with Crippen LogP contribution in [-0.4, -0.2) is 18.1 Å². The van der Waals surface area contributed by atoms with Gasteiger partial charge in [0.05, 0.1) is 13.2 Å². The molecule has 0 aliphatic rings. The summed E-state index contributed by atoms with van der Waals surface area (Å²) >= 11 is 1.94. The van der Waals surface area contributed by atoms with Gasteiger partial charge in [0.2, 0.25) is 0 Å². The summed E-state index contributed by atoms with van der Waals surface area (Å²) in [5, 5.41) is 0. The third-order valence-corrected chi connectivity index (χ3v) is 4.08. The van der Waals surface area contributed by atoms with E-state index in [1.807, 2.05) is 48.2 Å². The highest BCUT2D eigenvalue weighted by molar-refractivity contribution is 7.99. The van der Waals surface area contributed by atoms with Crippen LogP contribution >= 0.6 is 11.8 Å². The number of benzene rings is 2. The third kappa shape index (κ3) is 4.84. The zero-order valence-corrected chi connectivity index (χ0v) is 13.0. The molecule has 2 nitrogen and oxygen atoms in total. The lowest BCUT2D eigenvalue weighted by molar-refractivity contribution is 0.319. The van der Waals surface area contributed by atoms with Gasteiger partial charge in [-0.3, -0.25) is 0 Å². The summed E-state index contributed by atoms with van der Waals surface area (Å²) in [4.78, 5) is 3.40. The van der Waals surface area contributed by atoms with Gasteiger partial charge in [0, 0.05) is 0 Å². The number of ether oxygens (including phenoxy) is 1. The molecule has 0 spiro atoms. The maximum Gasteiger partial charge on any atom is 0.187 e. The predicted molar refractivity (Wildman–Crippen MR) is 91.3 cm³/mol. The molecule has 21 heavy (non-hydrogen) atoms. The van der Waals surface area contributed by atoms with E-state index in [4.69, 9.17) is 11.3 Å². The van der Waals surface area contributed by atoms with E-state index in [0.717, 1.165) is 35.7 Å². The molecular weight excluding hydrogens is 278 g/mol. The molecule has 3 heteroatoms. The molecule has 0 aliphatic heterocycles. The molecule has 2 aromatic carbocycles. The maximum atomic E-state index is 6.96. The van der Waals surface area contributed by atoms with Crippen molar-refractivity contribution < 1.29 is 4.74 Å². The van der Waals surface area contributed by atoms with Gasteiger partial charge in [0.15, 0.2) is 5.69 Å². The van der Waals surface area contributed by atoms with Crippen molar-refractivity contribution in [2.45, 2.75) is 13.3 Å². The van der Waals surface area contributed by atoms with Gasteiger partial charge in [0.1, 0.15) is 5.75 Å². The number of nitrogens with zero attached hydrogens (tertiary/aromatic N) is 1. The van der Waals surface area contributed by atoms with Crippen LogP contribution in [0.15, 0.2) is 48.5 Å². The van der Waals surface area contributed by atoms with Crippen LogP contribution < -0.4 is 4.74 Å². The lowest BCUT2D eigenvalue weighted by Gasteiger charge is -2.07. The van der Waals surface area contributed by atoms with E-state index in [9.17, 15) is 0 Å². The van der Waals surface area contributed by atoms with Crippen molar-refractivity contribution in [2.75, 3.05) is 18.1 Å². The Morgan fingerprint density at radius 3 is 2.19 bits per heavy atom. The lowest BCUT2D eigenvalue weighted by atomic mass is 10.1. The Labute approximate surface area is 131 Å². The fourth-order valence-corrected chi connectivity index (χ4v) is 2.58. The van der Waals surface area contributed by atoms with E-state index in [1.165, 1.54) is 5.75 Å². The molecule has 0 amide bonds. The van der Waals surface area contributed by atoms with Crippen molar-refractivity contribution in [3.63, 3.8) is 0 Å². The third-order valence-electron chi connectivity index (χ3n) is 3.09. The van der Waals surface area contributed by atoms with Gasteiger partial charge in [-0.25, -0.2) is 4.85 Å². The molecule has 0 unspecified atom stereocenters. The zero-order valence-electron chi connectivity index (χ0n) is 12.2. The quantitative estimate of drug-likeness (QED) is 0.500. The van der Waals surface area contributed by atoms with Crippen molar-refractivity contribution in [3.8, 4) is 16.9 Å². The number of rotatable bonds is 7. The Hall–Kier alpha value is -1.92. The van der Waals surface area contributed by atoms with Gasteiger partial charge in [-0.1, -0.05) is 43.3 Å². The molecule has 0 heterocycles. The van der Waals surface area contributed by atoms with Gasteiger partial charge in [0.25, 0.3) is 0 Å². The molecule has 0 bridgehead atoms. The van der Waals surface area contributed by atoms with E-state index in [-0.39, 0.29) is 0 Å². The predicted octanol–water partition coefficient (Wildman–Crippen LogP) is 5.43. The molecular formula is C18H19NOS. The van der Waals surface area contributed by atoms with E-state index in [1.54, 1.807) is 0 Å². The zero-order chi connectivity index (χ0) is 14.9. The molecule has 0 fully saturated rings. The lowest BCUT2D eigenvalue weighted by Crippen LogP contribution is -1.98. The van der Waals surface area contributed by atoms with E-state index >= 15 is 0 Å². The molecule has 0 saturated carbocycles. The summed E-state index contributed by atoms with van der Waals surface area (Å²) in [6.45, 7) is 9.91. The molecule has 0 N–H and O–H groups in total. The van der Waals surface area contributed by atoms with Crippen LogP contribution in [0.25, 0.3) is 16.0 Å². The molecule has 108 valence electrons. The maximum absolute atomic E-state index is 6.96. The van der Waals surface area contributed by atoms with Crippen LogP contribution in [0.5, 0.6) is 5.75 Å². The normalized spacial score (nSPS) is 10.1. The van der Waals surface area contributed by atoms with Crippen molar-refractivity contribution in [2.24, 2.45) is 0 Å². The number of hydrogen-bond acceptors (Lipinski definition) is 2. The van der Waals surface area contributed by atoms with Crippen molar-refractivity contribution >= 4 is 17.4 Å². The standard InChI is InChI=1S/C18H19NOS/c1-3-21-14-4-13-20-18-11-7-16(8-12-18)15-5-9-17(19-2)10-6-15/h5-12H,3-4,13-14H2,1H3. The van der Waals surface area contributed by atoms with Crippen LogP contribution in [0.1, 0.15) is 13.3 Å². The minimum atomic E-state index is 0.670. The Morgan fingerprint density at radius 2 is 1.62 bits per heavy atom. The fraction of sp³-hybridized carbons (Fsp3) is 0.278. The van der Waals surface area contributed by atoms with Gasteiger partial charge >= 0.3 is 0 Å². The second-order valence-electron chi connectivity index (χ2n) is 4.58. The van der Waals surface area contributed by atoms with E-state index in [2.05, 4.69) is 23.9 Å². The monoisotopic (exact) mass is 297 g/mol. The Morgan fingerprint density at radius 1 is 1.00 bits per heavy atom. The molecule has 0 aromatic heterocycles. The molecule has 0 saturated heterocycles. The molecule has 2 rings (SSSR count). The largest absolute Gasteiger partial charge is 0.494 e. The number of thioether (sulfide) groups is 1. The van der Waals surface area contributed by atoms with E-state index < -0.39 is 0 Å². The SMILES string of the molecule is [C-]#[N+]c1ccc(-c2ccc(OCCCSCC)cc2)cc1. The Bertz CT molecular complexity index is 584. The Kier molecular flexibility index (Phi) is 6.18. The first kappa shape index (κ1) is 15.5. The summed E-state index contributed by atoms with van der Waals surface area (Å²) in [5.41, 5.74) is 2.93.